The summed E-state index contributed by atoms with van der Waals surface area (Å²) >= 11 is 0. The van der Waals surface area contributed by atoms with Crippen LogP contribution in [-0.4, -0.2) is 54.0 Å². The average molecular weight is 672 g/mol. The van der Waals surface area contributed by atoms with Gasteiger partial charge in [0.25, 0.3) is 5.91 Å². The third-order valence-corrected chi connectivity index (χ3v) is 21.9. The molecular formula is C39H69NO4Si2. The molecule has 46 heavy (non-hydrogen) atoms. The standard InChI is InChI=1S/C39H69NO4Si2/c1-28-30(26-31(43-45(13,14)36(2,3)4)27-33(28)44-46(15,16)37(5,6)7)20-19-29-18-17-24-39(10)32(29)21-22-34(39)38(8,9)25-23-35(41)40(11)42-12/h19-20,23,25,31-34H,1,17-18,21-22,24,26-27H2,2-16H3/b25-23+,29-19+,30-20+/t31-,32+,33+,34-,39+/m1/s1. The number of carbonyl (C=O) groups is 1. The molecule has 1 amide bonds. The van der Waals surface area contributed by atoms with Gasteiger partial charge in [0.05, 0.1) is 19.3 Å². The van der Waals surface area contributed by atoms with Crippen molar-refractivity contribution >= 4 is 22.5 Å². The number of allylic oxidation sites excluding steroid dienone is 4. The van der Waals surface area contributed by atoms with Gasteiger partial charge in [-0.2, -0.15) is 0 Å². The smallest absolute Gasteiger partial charge is 0.269 e. The van der Waals surface area contributed by atoms with Crippen LogP contribution < -0.4 is 0 Å². The van der Waals surface area contributed by atoms with Gasteiger partial charge in [-0.3, -0.25) is 9.63 Å². The molecule has 0 saturated heterocycles. The molecule has 0 heterocycles. The maximum absolute atomic E-state index is 12.5. The minimum absolute atomic E-state index is 0.00556. The molecule has 0 spiro atoms. The molecule has 0 radical (unpaired) electrons. The van der Waals surface area contributed by atoms with Crippen molar-refractivity contribution in [3.63, 3.8) is 0 Å². The molecule has 0 bridgehead atoms. The molecular weight excluding hydrogens is 603 g/mol. The molecule has 3 aliphatic carbocycles. The van der Waals surface area contributed by atoms with Crippen molar-refractivity contribution in [3.8, 4) is 0 Å². The molecule has 0 aromatic carbocycles. The number of hydroxylamine groups is 2. The molecule has 0 aromatic heterocycles. The zero-order chi connectivity index (χ0) is 35.1. The van der Waals surface area contributed by atoms with Crippen LogP contribution in [0.4, 0.5) is 0 Å². The van der Waals surface area contributed by atoms with Crippen molar-refractivity contribution in [2.75, 3.05) is 14.2 Å². The van der Waals surface area contributed by atoms with Gasteiger partial charge in [-0.15, -0.1) is 0 Å². The van der Waals surface area contributed by atoms with Crippen molar-refractivity contribution in [2.24, 2.45) is 22.7 Å². The van der Waals surface area contributed by atoms with E-state index in [1.165, 1.54) is 43.4 Å². The van der Waals surface area contributed by atoms with Gasteiger partial charge in [-0.05, 0) is 109 Å². The topological polar surface area (TPSA) is 48.0 Å². The largest absolute Gasteiger partial charge is 0.413 e. The number of likely N-dealkylation sites (N-methyl/N-ethyl adjacent to an activating group) is 1. The van der Waals surface area contributed by atoms with Crippen molar-refractivity contribution in [1.82, 2.24) is 5.06 Å². The van der Waals surface area contributed by atoms with Crippen molar-refractivity contribution in [2.45, 2.75) is 156 Å². The Labute approximate surface area is 285 Å². The normalized spacial score (nSPS) is 30.4. The van der Waals surface area contributed by atoms with E-state index in [2.05, 4.69) is 113 Å². The summed E-state index contributed by atoms with van der Waals surface area (Å²) in [6, 6.07) is 0. The Bertz CT molecular complexity index is 1220. The van der Waals surface area contributed by atoms with E-state index in [1.54, 1.807) is 18.7 Å². The first kappa shape index (κ1) is 39.2. The molecule has 7 heteroatoms. The summed E-state index contributed by atoms with van der Waals surface area (Å²) in [5, 5.41) is 1.57. The van der Waals surface area contributed by atoms with Gasteiger partial charge in [-0.1, -0.05) is 92.7 Å². The van der Waals surface area contributed by atoms with E-state index in [9.17, 15) is 4.79 Å². The predicted octanol–water partition coefficient (Wildman–Crippen LogP) is 10.8. The van der Waals surface area contributed by atoms with Gasteiger partial charge >= 0.3 is 0 Å². The van der Waals surface area contributed by atoms with E-state index in [4.69, 9.17) is 13.7 Å². The Hall–Kier alpha value is -1.26. The van der Waals surface area contributed by atoms with Gasteiger partial charge < -0.3 is 8.85 Å². The van der Waals surface area contributed by atoms with Crippen LogP contribution in [0.3, 0.4) is 0 Å². The number of hydrogen-bond donors (Lipinski definition) is 0. The SMILES string of the molecule is C=C1/C(=C/C=C2\CCC[C@]3(C)[C@@H](C(C)(C)/C=C/C(=O)N(C)OC)CC[C@@H]23)C[C@@H](O[Si](C)(C)C(C)(C)C)C[C@@H]1O[Si](C)(C)C(C)(C)C. The summed E-state index contributed by atoms with van der Waals surface area (Å²) in [4.78, 5) is 17.6. The number of carbonyl (C=O) groups excluding carboxylic acids is 1. The Morgan fingerprint density at radius 2 is 1.54 bits per heavy atom. The lowest BCUT2D eigenvalue weighted by Gasteiger charge is -2.47. The molecule has 3 aliphatic rings. The second-order valence-electron chi connectivity index (χ2n) is 18.5. The van der Waals surface area contributed by atoms with Gasteiger partial charge in [0.1, 0.15) is 0 Å². The maximum atomic E-state index is 12.5. The zero-order valence-corrected chi connectivity index (χ0v) is 34.4. The van der Waals surface area contributed by atoms with Crippen LogP contribution in [0.1, 0.15) is 107 Å². The number of rotatable bonds is 9. The Morgan fingerprint density at radius 1 is 0.957 bits per heavy atom. The van der Waals surface area contributed by atoms with Crippen molar-refractivity contribution < 1.29 is 18.5 Å². The zero-order valence-electron chi connectivity index (χ0n) is 32.4. The molecule has 0 N–H and O–H groups in total. The molecule has 3 saturated carbocycles. The summed E-state index contributed by atoms with van der Waals surface area (Å²) in [5.74, 6) is 0.946. The van der Waals surface area contributed by atoms with Crippen LogP contribution in [0.2, 0.25) is 36.3 Å². The second kappa shape index (κ2) is 13.9. The van der Waals surface area contributed by atoms with Crippen LogP contribution in [0.15, 0.2) is 47.6 Å². The van der Waals surface area contributed by atoms with Crippen LogP contribution in [-0.2, 0) is 18.5 Å². The lowest BCUT2D eigenvalue weighted by Crippen LogP contribution is -2.49. The molecule has 3 fully saturated rings. The van der Waals surface area contributed by atoms with Gasteiger partial charge in [0, 0.05) is 19.5 Å². The Kier molecular flexibility index (Phi) is 11.9. The first-order valence-electron chi connectivity index (χ1n) is 17.8. The Morgan fingerprint density at radius 3 is 2.11 bits per heavy atom. The van der Waals surface area contributed by atoms with E-state index in [-0.39, 0.29) is 39.0 Å². The lowest BCUT2D eigenvalue weighted by molar-refractivity contribution is -0.162. The maximum Gasteiger partial charge on any atom is 0.269 e. The highest BCUT2D eigenvalue weighted by Crippen LogP contribution is 2.62. The van der Waals surface area contributed by atoms with E-state index >= 15 is 0 Å². The lowest BCUT2D eigenvalue weighted by atomic mass is 9.57. The molecule has 0 aromatic rings. The third-order valence-electron chi connectivity index (χ3n) is 12.8. The number of hydrogen-bond acceptors (Lipinski definition) is 4. The minimum Gasteiger partial charge on any atom is -0.413 e. The highest BCUT2D eigenvalue weighted by molar-refractivity contribution is 6.74. The van der Waals surface area contributed by atoms with Gasteiger partial charge in [0.15, 0.2) is 16.6 Å². The van der Waals surface area contributed by atoms with Crippen LogP contribution >= 0.6 is 0 Å². The fourth-order valence-electron chi connectivity index (χ4n) is 7.82. The highest BCUT2D eigenvalue weighted by Gasteiger charge is 2.53. The summed E-state index contributed by atoms with van der Waals surface area (Å²) < 4.78 is 14.2. The van der Waals surface area contributed by atoms with Gasteiger partial charge in [0.2, 0.25) is 0 Å². The van der Waals surface area contributed by atoms with Crippen LogP contribution in [0.25, 0.3) is 0 Å². The van der Waals surface area contributed by atoms with Crippen LogP contribution in [0, 0.1) is 22.7 Å². The number of fused-ring (bicyclic) bond motifs is 1. The predicted molar refractivity (Wildman–Crippen MR) is 200 cm³/mol. The van der Waals surface area contributed by atoms with E-state index < -0.39 is 16.6 Å². The van der Waals surface area contributed by atoms with Crippen molar-refractivity contribution in [1.29, 1.82) is 0 Å². The number of amides is 1. The van der Waals surface area contributed by atoms with Crippen LogP contribution in [0.5, 0.6) is 0 Å². The van der Waals surface area contributed by atoms with E-state index in [0.717, 1.165) is 24.8 Å². The Balaban J connectivity index is 1.92. The quantitative estimate of drug-likeness (QED) is 0.139. The monoisotopic (exact) mass is 671 g/mol. The van der Waals surface area contributed by atoms with Crippen molar-refractivity contribution in [3.05, 3.63) is 47.6 Å². The van der Waals surface area contributed by atoms with Gasteiger partial charge in [-0.25, -0.2) is 5.06 Å². The fourth-order valence-corrected chi connectivity index (χ4v) is 10.5. The minimum atomic E-state index is -2.00. The summed E-state index contributed by atoms with van der Waals surface area (Å²) in [6.07, 6.45) is 16.6. The van der Waals surface area contributed by atoms with E-state index in [1.807, 2.05) is 0 Å². The highest BCUT2D eigenvalue weighted by atomic mass is 28.4. The summed E-state index contributed by atoms with van der Waals surface area (Å²) in [7, 11) is -0.776. The first-order valence-corrected chi connectivity index (χ1v) is 23.6. The average Bonchev–Trinajstić information content (AvgIpc) is 3.29. The summed E-state index contributed by atoms with van der Waals surface area (Å²) in [5.41, 5.74) is 4.15. The molecule has 3 rings (SSSR count). The molecule has 5 nitrogen and oxygen atoms in total. The number of nitrogens with zero attached hydrogens (tertiary/aromatic N) is 1. The molecule has 0 unspecified atom stereocenters. The molecule has 5 atom stereocenters. The fraction of sp³-hybridized carbons (Fsp3) is 0.769. The molecule has 262 valence electrons. The second-order valence-corrected chi connectivity index (χ2v) is 28.0. The molecule has 0 aliphatic heterocycles. The summed E-state index contributed by atoms with van der Waals surface area (Å²) in [6.45, 7) is 35.2. The first-order chi connectivity index (χ1) is 20.9. The third kappa shape index (κ3) is 8.48. The van der Waals surface area contributed by atoms with E-state index in [0.29, 0.717) is 11.8 Å².